The topological polar surface area (TPSA) is 156 Å². The second-order valence-corrected chi connectivity index (χ2v) is 16.6. The summed E-state index contributed by atoms with van der Waals surface area (Å²) in [6.07, 6.45) is 0. The lowest BCUT2D eigenvalue weighted by Gasteiger charge is -2.16. The first kappa shape index (κ1) is 35.6. The summed E-state index contributed by atoms with van der Waals surface area (Å²) in [4.78, 5) is 20.3. The Bertz CT molecular complexity index is 4820. The van der Waals surface area contributed by atoms with E-state index in [1.54, 1.807) is 0 Å². The van der Waals surface area contributed by atoms with E-state index in [0.717, 1.165) is 114 Å². The van der Waals surface area contributed by atoms with Crippen molar-refractivity contribution in [3.63, 3.8) is 0 Å². The number of aromatic nitrogens is 6. The minimum absolute atomic E-state index is 0.0344. The Morgan fingerprint density at radius 2 is 0.864 bits per heavy atom. The maximum absolute atomic E-state index is 10.3. The SMILES string of the molecule is N#Cc1cc2c3c4ccc(-c5ccc6nc7c8c9ccccc9c9ccccc9c8c8nc(C#N)c(C#N)nc8n7c6c5)cc4c4ccccc4c3c3nc4ccccc4n3c2cc1C#N. The van der Waals surface area contributed by atoms with Crippen LogP contribution in [0, 0.1) is 45.3 Å². The van der Waals surface area contributed by atoms with Crippen molar-refractivity contribution in [2.75, 3.05) is 0 Å². The Kier molecular flexibility index (Phi) is 6.89. The molecule has 0 N–H and O–H groups in total. The van der Waals surface area contributed by atoms with Gasteiger partial charge in [-0.15, -0.1) is 0 Å². The number of nitriles is 4. The van der Waals surface area contributed by atoms with Crippen LogP contribution in [-0.2, 0) is 0 Å². The molecule has 14 aromatic rings. The van der Waals surface area contributed by atoms with E-state index >= 15 is 0 Å². The second kappa shape index (κ2) is 12.8. The summed E-state index contributed by atoms with van der Waals surface area (Å²) in [6.45, 7) is 0. The molecule has 9 aromatic carbocycles. The van der Waals surface area contributed by atoms with Crippen LogP contribution in [0.25, 0.3) is 131 Å². The lowest BCUT2D eigenvalue weighted by molar-refractivity contribution is 1.15. The number of benzene rings is 9. The van der Waals surface area contributed by atoms with Crippen molar-refractivity contribution in [1.29, 1.82) is 21.0 Å². The quantitative estimate of drug-likeness (QED) is 0.148. The normalized spacial score (nSPS) is 11.9. The highest BCUT2D eigenvalue weighted by Gasteiger charge is 2.24. The summed E-state index contributed by atoms with van der Waals surface area (Å²) in [5.74, 6) is 0. The van der Waals surface area contributed by atoms with E-state index in [0.29, 0.717) is 27.9 Å². The molecule has 5 heterocycles. The summed E-state index contributed by atoms with van der Waals surface area (Å²) in [6, 6.07) is 57.9. The molecule has 10 heteroatoms. The van der Waals surface area contributed by atoms with E-state index in [-0.39, 0.29) is 11.4 Å². The van der Waals surface area contributed by atoms with Crippen molar-refractivity contribution < 1.29 is 0 Å². The van der Waals surface area contributed by atoms with Crippen molar-refractivity contribution in [2.45, 2.75) is 0 Å². The highest BCUT2D eigenvalue weighted by molar-refractivity contribution is 6.36. The van der Waals surface area contributed by atoms with E-state index < -0.39 is 0 Å². The first-order valence-corrected chi connectivity index (χ1v) is 21.2. The first-order chi connectivity index (χ1) is 32.6. The maximum Gasteiger partial charge on any atom is 0.179 e. The van der Waals surface area contributed by atoms with Gasteiger partial charge in [-0.2, -0.15) is 21.0 Å². The van der Waals surface area contributed by atoms with E-state index in [4.69, 9.17) is 19.9 Å². The standard InChI is InChI=1S/C56H24N10/c57-25-31-22-41-47(24-32(31)26-58)65-46-16-8-7-15-42(46)62-54(65)51-38-14-6-3-11-35(38)40-21-29(17-19-39(40)49(41)51)30-18-20-43-48(23-30)66-55(63-43)52-37-13-5-2-10-34(37)33-9-1-4-12-36(33)50(52)53-56(66)64-45(28-60)44(27-59)61-53/h1-24H. The minimum atomic E-state index is -0.0543. The molecular formula is C56H24N10. The van der Waals surface area contributed by atoms with Gasteiger partial charge in [0.2, 0.25) is 0 Å². The molecule has 0 bridgehead atoms. The van der Waals surface area contributed by atoms with Gasteiger partial charge in [-0.3, -0.25) is 8.80 Å². The van der Waals surface area contributed by atoms with Crippen LogP contribution in [0.2, 0.25) is 0 Å². The molecule has 10 nitrogen and oxygen atoms in total. The van der Waals surface area contributed by atoms with E-state index in [2.05, 4.69) is 101 Å². The van der Waals surface area contributed by atoms with Crippen molar-refractivity contribution in [2.24, 2.45) is 0 Å². The number of para-hydroxylation sites is 2. The number of fused-ring (bicyclic) bond motifs is 26. The van der Waals surface area contributed by atoms with Crippen LogP contribution >= 0.6 is 0 Å². The van der Waals surface area contributed by atoms with Crippen LogP contribution in [0.1, 0.15) is 22.5 Å². The Labute approximate surface area is 371 Å². The number of rotatable bonds is 1. The summed E-state index contributed by atoms with van der Waals surface area (Å²) < 4.78 is 4.11. The summed E-state index contributed by atoms with van der Waals surface area (Å²) in [5.41, 5.74) is 8.87. The highest BCUT2D eigenvalue weighted by atomic mass is 15.1. The van der Waals surface area contributed by atoms with E-state index in [9.17, 15) is 21.0 Å². The van der Waals surface area contributed by atoms with Crippen LogP contribution in [0.4, 0.5) is 0 Å². The Morgan fingerprint density at radius 3 is 1.56 bits per heavy atom. The zero-order valence-electron chi connectivity index (χ0n) is 34.3. The molecule has 66 heavy (non-hydrogen) atoms. The molecule has 14 rings (SSSR count). The number of imidazole rings is 2. The van der Waals surface area contributed by atoms with Gasteiger partial charge in [0.1, 0.15) is 41.1 Å². The number of hydrogen-bond donors (Lipinski definition) is 0. The molecule has 0 radical (unpaired) electrons. The molecule has 0 aliphatic carbocycles. The fraction of sp³-hybridized carbons (Fsp3) is 0. The van der Waals surface area contributed by atoms with Gasteiger partial charge in [0.25, 0.3) is 0 Å². The zero-order valence-corrected chi connectivity index (χ0v) is 34.3. The van der Waals surface area contributed by atoms with Crippen molar-refractivity contribution in [1.82, 2.24) is 28.7 Å². The second-order valence-electron chi connectivity index (χ2n) is 16.6. The molecule has 0 aliphatic heterocycles. The molecule has 0 saturated carbocycles. The van der Waals surface area contributed by atoms with Crippen molar-refractivity contribution in [3.8, 4) is 35.4 Å². The van der Waals surface area contributed by atoms with Gasteiger partial charge in [0.15, 0.2) is 17.0 Å². The first-order valence-electron chi connectivity index (χ1n) is 21.2. The lowest BCUT2D eigenvalue weighted by atomic mass is 9.90. The van der Waals surface area contributed by atoms with Crippen LogP contribution in [0.15, 0.2) is 146 Å². The third-order valence-corrected chi connectivity index (χ3v) is 13.4. The molecule has 0 amide bonds. The zero-order chi connectivity index (χ0) is 43.9. The molecule has 0 spiro atoms. The van der Waals surface area contributed by atoms with Gasteiger partial charge in [-0.05, 0) is 96.7 Å². The summed E-state index contributed by atoms with van der Waals surface area (Å²) >= 11 is 0. The Morgan fingerprint density at radius 1 is 0.333 bits per heavy atom. The average Bonchev–Trinajstić information content (AvgIpc) is 3.96. The summed E-state index contributed by atoms with van der Waals surface area (Å²) in [5, 5.41) is 53.5. The predicted molar refractivity (Wildman–Crippen MR) is 259 cm³/mol. The van der Waals surface area contributed by atoms with Crippen molar-refractivity contribution >= 4 is 120 Å². The van der Waals surface area contributed by atoms with Gasteiger partial charge in [-0.25, -0.2) is 19.9 Å². The molecule has 298 valence electrons. The fourth-order valence-corrected chi connectivity index (χ4v) is 10.6. The van der Waals surface area contributed by atoms with E-state index in [1.807, 2.05) is 77.2 Å². The van der Waals surface area contributed by atoms with Crippen LogP contribution in [0.5, 0.6) is 0 Å². The number of nitrogens with zero attached hydrogens (tertiary/aromatic N) is 10. The predicted octanol–water partition coefficient (Wildman–Crippen LogP) is 12.5. The monoisotopic (exact) mass is 836 g/mol. The van der Waals surface area contributed by atoms with Gasteiger partial charge in [0, 0.05) is 26.9 Å². The van der Waals surface area contributed by atoms with Gasteiger partial charge in [-0.1, -0.05) is 103 Å². The molecule has 5 aromatic heterocycles. The van der Waals surface area contributed by atoms with Crippen LogP contribution in [0.3, 0.4) is 0 Å². The smallest absolute Gasteiger partial charge is 0.179 e. The van der Waals surface area contributed by atoms with Crippen LogP contribution in [-0.4, -0.2) is 28.7 Å². The molecular weight excluding hydrogens is 813 g/mol. The molecule has 0 atom stereocenters. The van der Waals surface area contributed by atoms with Crippen molar-refractivity contribution in [3.05, 3.63) is 168 Å². The average molecular weight is 837 g/mol. The maximum atomic E-state index is 10.3. The third-order valence-electron chi connectivity index (χ3n) is 13.4. The molecule has 0 aliphatic rings. The highest BCUT2D eigenvalue weighted by Crippen LogP contribution is 2.45. The Hall–Kier alpha value is -10.0. The minimum Gasteiger partial charge on any atom is -0.292 e. The molecule has 0 fully saturated rings. The molecule has 0 unspecified atom stereocenters. The van der Waals surface area contributed by atoms with Gasteiger partial charge < -0.3 is 0 Å². The lowest BCUT2D eigenvalue weighted by Crippen LogP contribution is -2.02. The number of pyridine rings is 2. The third kappa shape index (κ3) is 4.48. The number of hydrogen-bond acceptors (Lipinski definition) is 8. The van der Waals surface area contributed by atoms with Gasteiger partial charge in [0.05, 0.1) is 38.7 Å². The van der Waals surface area contributed by atoms with Crippen LogP contribution < -0.4 is 0 Å². The van der Waals surface area contributed by atoms with E-state index in [1.165, 1.54) is 0 Å². The van der Waals surface area contributed by atoms with Gasteiger partial charge >= 0.3 is 0 Å². The molecule has 0 saturated heterocycles. The fourth-order valence-electron chi connectivity index (χ4n) is 10.6. The Balaban J connectivity index is 1.11. The largest absolute Gasteiger partial charge is 0.292 e. The summed E-state index contributed by atoms with van der Waals surface area (Å²) in [7, 11) is 0.